The fourth-order valence-electron chi connectivity index (χ4n) is 2.75. The van der Waals surface area contributed by atoms with Gasteiger partial charge in [-0.1, -0.05) is 34.5 Å². The van der Waals surface area contributed by atoms with E-state index in [-0.39, 0.29) is 11.8 Å². The second-order valence-electron chi connectivity index (χ2n) is 4.85. The maximum absolute atomic E-state index is 12.2. The molecule has 3 amide bonds. The molecule has 1 aliphatic carbocycles. The van der Waals surface area contributed by atoms with Crippen LogP contribution < -0.4 is 10.6 Å². The molecular weight excluding hydrogens is 296 g/mol. The average Bonchev–Trinajstić information content (AvgIpc) is 2.53. The van der Waals surface area contributed by atoms with Crippen LogP contribution in [0.15, 0.2) is 28.7 Å². The minimum absolute atomic E-state index is 0.199. The van der Waals surface area contributed by atoms with Crippen LogP contribution in [0.4, 0.5) is 4.79 Å². The summed E-state index contributed by atoms with van der Waals surface area (Å²) >= 11 is 3.38. The summed E-state index contributed by atoms with van der Waals surface area (Å²) in [6, 6.07) is 7.19. The van der Waals surface area contributed by atoms with Crippen molar-refractivity contribution in [3.8, 4) is 0 Å². The van der Waals surface area contributed by atoms with Crippen molar-refractivity contribution in [2.45, 2.75) is 24.8 Å². The molecule has 4 nitrogen and oxygen atoms in total. The van der Waals surface area contributed by atoms with Crippen molar-refractivity contribution < 1.29 is 9.59 Å². The fourth-order valence-corrected chi connectivity index (χ4v) is 3.01. The lowest BCUT2D eigenvalue weighted by Crippen LogP contribution is -2.52. The van der Waals surface area contributed by atoms with Crippen molar-refractivity contribution in [2.75, 3.05) is 0 Å². The number of carbonyl (C=O) groups is 2. The highest BCUT2D eigenvalue weighted by molar-refractivity contribution is 9.10. The summed E-state index contributed by atoms with van der Waals surface area (Å²) in [7, 11) is 0. The van der Waals surface area contributed by atoms with Gasteiger partial charge in [0.25, 0.3) is 5.91 Å². The van der Waals surface area contributed by atoms with Crippen molar-refractivity contribution in [1.82, 2.24) is 10.6 Å². The third-order valence-electron chi connectivity index (χ3n) is 3.91. The van der Waals surface area contributed by atoms with Gasteiger partial charge in [0.1, 0.15) is 5.54 Å². The van der Waals surface area contributed by atoms with E-state index >= 15 is 0 Å². The molecule has 1 unspecified atom stereocenters. The van der Waals surface area contributed by atoms with Crippen LogP contribution in [0.3, 0.4) is 0 Å². The molecular formula is C13H13BrN2O2. The third kappa shape index (κ3) is 1.57. The zero-order chi connectivity index (χ0) is 12.8. The molecule has 1 aromatic carbocycles. The largest absolute Gasteiger partial charge is 0.322 e. The Hall–Kier alpha value is -1.36. The normalized spacial score (nSPS) is 27.6. The molecule has 0 bridgehead atoms. The number of carbonyl (C=O) groups excluding carboxylic acids is 2. The maximum atomic E-state index is 12.2. The number of urea groups is 1. The summed E-state index contributed by atoms with van der Waals surface area (Å²) < 4.78 is 0.958. The van der Waals surface area contributed by atoms with E-state index in [2.05, 4.69) is 26.6 Å². The van der Waals surface area contributed by atoms with E-state index in [9.17, 15) is 9.59 Å². The zero-order valence-electron chi connectivity index (χ0n) is 9.70. The summed E-state index contributed by atoms with van der Waals surface area (Å²) in [4.78, 5) is 23.7. The molecule has 94 valence electrons. The zero-order valence-corrected chi connectivity index (χ0v) is 11.3. The summed E-state index contributed by atoms with van der Waals surface area (Å²) in [5.41, 5.74) is -0.00509. The van der Waals surface area contributed by atoms with E-state index in [1.54, 1.807) is 0 Å². The van der Waals surface area contributed by atoms with Crippen LogP contribution in [-0.2, 0) is 10.3 Å². The van der Waals surface area contributed by atoms with Gasteiger partial charge in [-0.3, -0.25) is 10.1 Å². The van der Waals surface area contributed by atoms with Crippen molar-refractivity contribution >= 4 is 27.9 Å². The number of nitrogens with one attached hydrogen (secondary N) is 2. The molecule has 2 N–H and O–H groups in total. The Kier molecular flexibility index (Phi) is 2.66. The average molecular weight is 309 g/mol. The van der Waals surface area contributed by atoms with Gasteiger partial charge in [0.15, 0.2) is 0 Å². The molecule has 1 atom stereocenters. The van der Waals surface area contributed by atoms with Crippen LogP contribution in [0, 0.1) is 5.92 Å². The van der Waals surface area contributed by atoms with Crippen molar-refractivity contribution in [1.29, 1.82) is 0 Å². The number of rotatable bonds is 2. The van der Waals surface area contributed by atoms with Gasteiger partial charge in [0.05, 0.1) is 0 Å². The third-order valence-corrected chi connectivity index (χ3v) is 4.44. The predicted molar refractivity (Wildman–Crippen MR) is 69.8 cm³/mol. The van der Waals surface area contributed by atoms with Gasteiger partial charge < -0.3 is 5.32 Å². The van der Waals surface area contributed by atoms with Crippen molar-refractivity contribution in [2.24, 2.45) is 5.92 Å². The van der Waals surface area contributed by atoms with Crippen LogP contribution in [0.5, 0.6) is 0 Å². The topological polar surface area (TPSA) is 58.2 Å². The molecule has 18 heavy (non-hydrogen) atoms. The first-order valence-electron chi connectivity index (χ1n) is 6.02. The molecule has 1 heterocycles. The second kappa shape index (κ2) is 4.09. The van der Waals surface area contributed by atoms with E-state index in [1.807, 2.05) is 24.3 Å². The van der Waals surface area contributed by atoms with Gasteiger partial charge in [-0.15, -0.1) is 0 Å². The molecule has 0 radical (unpaired) electrons. The molecule has 1 saturated carbocycles. The Balaban J connectivity index is 2.07. The van der Waals surface area contributed by atoms with E-state index in [0.29, 0.717) is 0 Å². The van der Waals surface area contributed by atoms with Crippen LogP contribution in [0.2, 0.25) is 0 Å². The standard InChI is InChI=1S/C13H13BrN2O2/c14-10-6-4-9(5-7-10)13(8-2-1-3-8)11(17)15-12(18)16-13/h4-8H,1-3H2,(H2,15,16,17,18). The van der Waals surface area contributed by atoms with Gasteiger partial charge in [-0.2, -0.15) is 0 Å². The minimum Gasteiger partial charge on any atom is -0.319 e. The summed E-state index contributed by atoms with van der Waals surface area (Å²) in [5.74, 6) is -0.0235. The summed E-state index contributed by atoms with van der Waals surface area (Å²) in [5, 5.41) is 5.21. The van der Waals surface area contributed by atoms with Crippen LogP contribution >= 0.6 is 15.9 Å². The molecule has 0 aromatic heterocycles. The quantitative estimate of drug-likeness (QED) is 0.824. The van der Waals surface area contributed by atoms with Crippen molar-refractivity contribution in [3.05, 3.63) is 34.3 Å². The lowest BCUT2D eigenvalue weighted by molar-refractivity contribution is -0.127. The Labute approximate surface area is 113 Å². The second-order valence-corrected chi connectivity index (χ2v) is 5.77. The maximum Gasteiger partial charge on any atom is 0.322 e. The predicted octanol–water partition coefficient (Wildman–Crippen LogP) is 2.28. The van der Waals surface area contributed by atoms with Gasteiger partial charge in [-0.05, 0) is 36.5 Å². The van der Waals surface area contributed by atoms with Crippen LogP contribution in [-0.4, -0.2) is 11.9 Å². The molecule has 1 aliphatic heterocycles. The molecule has 2 fully saturated rings. The summed E-state index contributed by atoms with van der Waals surface area (Å²) in [6.45, 7) is 0. The molecule has 0 spiro atoms. The fraction of sp³-hybridized carbons (Fsp3) is 0.385. The van der Waals surface area contributed by atoms with E-state index in [4.69, 9.17) is 0 Å². The highest BCUT2D eigenvalue weighted by Gasteiger charge is 2.54. The van der Waals surface area contributed by atoms with Gasteiger partial charge >= 0.3 is 6.03 Å². The lowest BCUT2D eigenvalue weighted by atomic mass is 9.67. The summed E-state index contributed by atoms with van der Waals surface area (Å²) in [6.07, 6.45) is 3.07. The SMILES string of the molecule is O=C1NC(=O)C(c2ccc(Br)cc2)(C2CCC2)N1. The molecule has 1 saturated heterocycles. The number of imide groups is 1. The Morgan fingerprint density at radius 3 is 2.28 bits per heavy atom. The Bertz CT molecular complexity index is 510. The Morgan fingerprint density at radius 2 is 1.83 bits per heavy atom. The van der Waals surface area contributed by atoms with Gasteiger partial charge in [0, 0.05) is 4.47 Å². The number of hydrogen-bond acceptors (Lipinski definition) is 2. The number of amides is 3. The first-order valence-corrected chi connectivity index (χ1v) is 6.82. The molecule has 5 heteroatoms. The molecule has 2 aliphatic rings. The Morgan fingerprint density at radius 1 is 1.17 bits per heavy atom. The first kappa shape index (κ1) is 11.7. The van der Waals surface area contributed by atoms with Crippen LogP contribution in [0.25, 0.3) is 0 Å². The van der Waals surface area contributed by atoms with E-state index < -0.39 is 11.6 Å². The molecule has 3 rings (SSSR count). The van der Waals surface area contributed by atoms with E-state index in [1.165, 1.54) is 0 Å². The number of hydrogen-bond donors (Lipinski definition) is 2. The first-order chi connectivity index (χ1) is 8.63. The highest BCUT2D eigenvalue weighted by atomic mass is 79.9. The lowest BCUT2D eigenvalue weighted by Gasteiger charge is -2.40. The number of benzene rings is 1. The number of halogens is 1. The minimum atomic E-state index is -0.865. The smallest absolute Gasteiger partial charge is 0.319 e. The van der Waals surface area contributed by atoms with Gasteiger partial charge in [0.2, 0.25) is 0 Å². The van der Waals surface area contributed by atoms with Crippen LogP contribution in [0.1, 0.15) is 24.8 Å². The van der Waals surface area contributed by atoms with E-state index in [0.717, 1.165) is 29.3 Å². The van der Waals surface area contributed by atoms with Gasteiger partial charge in [-0.25, -0.2) is 4.79 Å². The highest BCUT2D eigenvalue weighted by Crippen LogP contribution is 2.44. The molecule has 1 aromatic rings. The monoisotopic (exact) mass is 308 g/mol. The van der Waals surface area contributed by atoms with Crippen molar-refractivity contribution in [3.63, 3.8) is 0 Å².